The number of aromatic nitrogens is 1. The van der Waals surface area contributed by atoms with Crippen molar-refractivity contribution in [2.45, 2.75) is 60.7 Å². The molecule has 0 aliphatic carbocycles. The molecule has 2 rings (SSSR count). The number of Topliss-reactive ketones (excluding diaryl/α,β-unsaturated/α-hetero) is 1. The highest BCUT2D eigenvalue weighted by Crippen LogP contribution is 2.26. The van der Waals surface area contributed by atoms with E-state index in [-0.39, 0.29) is 24.2 Å². The molecule has 0 bridgehead atoms. The van der Waals surface area contributed by atoms with Crippen molar-refractivity contribution in [2.24, 2.45) is 5.92 Å². The van der Waals surface area contributed by atoms with Crippen LogP contribution in [0.5, 0.6) is 0 Å². The summed E-state index contributed by atoms with van der Waals surface area (Å²) in [6.45, 7) is 11.5. The van der Waals surface area contributed by atoms with Gasteiger partial charge in [-0.2, -0.15) is 0 Å². The van der Waals surface area contributed by atoms with Crippen LogP contribution in [0.15, 0.2) is 22.8 Å². The zero-order chi connectivity index (χ0) is 21.9. The van der Waals surface area contributed by atoms with Gasteiger partial charge < -0.3 is 18.6 Å². The largest absolute Gasteiger partial charge is 0.467 e. The van der Waals surface area contributed by atoms with Gasteiger partial charge >= 0.3 is 5.97 Å². The molecule has 7 nitrogen and oxygen atoms in total. The van der Waals surface area contributed by atoms with Gasteiger partial charge in [-0.1, -0.05) is 13.8 Å². The first kappa shape index (κ1) is 22.5. The summed E-state index contributed by atoms with van der Waals surface area (Å²) in [5, 5.41) is 0. The maximum Gasteiger partial charge on any atom is 0.354 e. The Bertz CT molecular complexity index is 893. The van der Waals surface area contributed by atoms with Gasteiger partial charge in [0.05, 0.1) is 26.0 Å². The fourth-order valence-corrected chi connectivity index (χ4v) is 3.67. The summed E-state index contributed by atoms with van der Waals surface area (Å²) in [5.74, 6) is -0.495. The van der Waals surface area contributed by atoms with Gasteiger partial charge in [0.25, 0.3) is 0 Å². The molecule has 0 spiro atoms. The highest BCUT2D eigenvalue weighted by molar-refractivity contribution is 6.06. The number of ketones is 1. The lowest BCUT2D eigenvalue weighted by Crippen LogP contribution is -2.44. The number of rotatable bonds is 8. The summed E-state index contributed by atoms with van der Waals surface area (Å²) < 4.78 is 12.1. The summed E-state index contributed by atoms with van der Waals surface area (Å²) >= 11 is 0. The number of ether oxygens (including phenoxy) is 1. The standard InChI is InChI=1S/C22H30N2O5/c1-8-23-15(5)18(14(4)19(23)22(27)28-7)20(25)16(6)24(21(26)13(2)3)12-17-10-9-11-29-17/h9-11,13,16H,8,12H2,1-7H3. The third-order valence-corrected chi connectivity index (χ3v) is 5.24. The van der Waals surface area contributed by atoms with Crippen molar-refractivity contribution < 1.29 is 23.5 Å². The van der Waals surface area contributed by atoms with Crippen molar-refractivity contribution in [1.82, 2.24) is 9.47 Å². The summed E-state index contributed by atoms with van der Waals surface area (Å²) in [6, 6.07) is 2.81. The van der Waals surface area contributed by atoms with Crippen LogP contribution in [-0.4, -0.2) is 40.3 Å². The minimum absolute atomic E-state index is 0.138. The SMILES string of the molecule is CCn1c(C)c(C(=O)C(C)N(Cc2ccco2)C(=O)C(C)C)c(C)c1C(=O)OC. The fourth-order valence-electron chi connectivity index (χ4n) is 3.67. The van der Waals surface area contributed by atoms with Crippen LogP contribution in [0.25, 0.3) is 0 Å². The monoisotopic (exact) mass is 402 g/mol. The van der Waals surface area contributed by atoms with Gasteiger partial charge in [-0.05, 0) is 45.4 Å². The smallest absolute Gasteiger partial charge is 0.354 e. The molecule has 0 aliphatic rings. The second-order valence-corrected chi connectivity index (χ2v) is 7.41. The van der Waals surface area contributed by atoms with Crippen LogP contribution >= 0.6 is 0 Å². The summed E-state index contributed by atoms with van der Waals surface area (Å²) in [5.41, 5.74) is 2.09. The second-order valence-electron chi connectivity index (χ2n) is 7.41. The van der Waals surface area contributed by atoms with Crippen LogP contribution in [-0.2, 0) is 22.6 Å². The molecule has 0 aliphatic heterocycles. The van der Waals surface area contributed by atoms with Crippen molar-refractivity contribution in [3.05, 3.63) is 46.7 Å². The zero-order valence-electron chi connectivity index (χ0n) is 18.2. The predicted molar refractivity (Wildman–Crippen MR) is 109 cm³/mol. The Morgan fingerprint density at radius 2 is 1.86 bits per heavy atom. The van der Waals surface area contributed by atoms with E-state index in [0.717, 1.165) is 0 Å². The fraction of sp³-hybridized carbons (Fsp3) is 0.500. The highest BCUT2D eigenvalue weighted by Gasteiger charge is 2.33. The molecule has 0 radical (unpaired) electrons. The topological polar surface area (TPSA) is 81.8 Å². The molecular formula is C22H30N2O5. The van der Waals surface area contributed by atoms with E-state index in [0.29, 0.717) is 34.8 Å². The summed E-state index contributed by atoms with van der Waals surface area (Å²) in [6.07, 6.45) is 1.54. The maximum absolute atomic E-state index is 13.5. The lowest BCUT2D eigenvalue weighted by atomic mass is 9.99. The van der Waals surface area contributed by atoms with Gasteiger partial charge in [0, 0.05) is 23.7 Å². The molecule has 0 fully saturated rings. The van der Waals surface area contributed by atoms with Crippen LogP contribution in [0.3, 0.4) is 0 Å². The number of amides is 1. The van der Waals surface area contributed by atoms with Gasteiger partial charge in [0.2, 0.25) is 5.91 Å². The molecule has 0 aromatic carbocycles. The molecule has 1 atom stereocenters. The number of esters is 1. The number of furan rings is 1. The predicted octanol–water partition coefficient (Wildman–Crippen LogP) is 3.76. The van der Waals surface area contributed by atoms with E-state index in [1.165, 1.54) is 18.3 Å². The minimum atomic E-state index is -0.717. The third kappa shape index (κ3) is 4.28. The van der Waals surface area contributed by atoms with Crippen LogP contribution in [0, 0.1) is 19.8 Å². The van der Waals surface area contributed by atoms with E-state index < -0.39 is 12.0 Å². The van der Waals surface area contributed by atoms with E-state index >= 15 is 0 Å². The van der Waals surface area contributed by atoms with Gasteiger partial charge in [-0.25, -0.2) is 4.79 Å². The van der Waals surface area contributed by atoms with Crippen molar-refractivity contribution in [2.75, 3.05) is 7.11 Å². The van der Waals surface area contributed by atoms with Crippen LogP contribution < -0.4 is 0 Å². The average molecular weight is 402 g/mol. The number of hydrogen-bond donors (Lipinski definition) is 0. The second kappa shape index (κ2) is 9.11. The van der Waals surface area contributed by atoms with Crippen molar-refractivity contribution in [1.29, 1.82) is 0 Å². The molecule has 2 aromatic rings. The number of carbonyl (C=O) groups excluding carboxylic acids is 3. The van der Waals surface area contributed by atoms with E-state index in [4.69, 9.17) is 9.15 Å². The van der Waals surface area contributed by atoms with Gasteiger partial charge in [0.15, 0.2) is 5.78 Å². The van der Waals surface area contributed by atoms with Gasteiger partial charge in [-0.3, -0.25) is 9.59 Å². The average Bonchev–Trinajstić information content (AvgIpc) is 3.29. The Balaban J connectivity index is 2.49. The maximum atomic E-state index is 13.5. The lowest BCUT2D eigenvalue weighted by molar-refractivity contribution is -0.136. The third-order valence-electron chi connectivity index (χ3n) is 5.24. The normalized spacial score (nSPS) is 12.1. The molecule has 0 saturated carbocycles. The van der Waals surface area contributed by atoms with Crippen molar-refractivity contribution in [3.63, 3.8) is 0 Å². The Hall–Kier alpha value is -2.83. The number of nitrogens with zero attached hydrogens (tertiary/aromatic N) is 2. The quantitative estimate of drug-likeness (QED) is 0.496. The molecule has 1 unspecified atom stereocenters. The molecule has 2 aromatic heterocycles. The van der Waals surface area contributed by atoms with E-state index in [2.05, 4.69) is 0 Å². The molecule has 0 N–H and O–H groups in total. The van der Waals surface area contributed by atoms with E-state index in [1.54, 1.807) is 44.4 Å². The highest BCUT2D eigenvalue weighted by atomic mass is 16.5. The molecule has 158 valence electrons. The Morgan fingerprint density at radius 1 is 1.21 bits per heavy atom. The molecule has 1 amide bonds. The van der Waals surface area contributed by atoms with Gasteiger partial charge in [0.1, 0.15) is 11.5 Å². The lowest BCUT2D eigenvalue weighted by Gasteiger charge is -2.29. The Labute approximate surface area is 171 Å². The molecule has 0 saturated heterocycles. The van der Waals surface area contributed by atoms with Crippen LogP contribution in [0.4, 0.5) is 0 Å². The Morgan fingerprint density at radius 3 is 2.34 bits per heavy atom. The number of methoxy groups -OCH3 is 1. The van der Waals surface area contributed by atoms with Crippen LogP contribution in [0.2, 0.25) is 0 Å². The minimum Gasteiger partial charge on any atom is -0.467 e. The van der Waals surface area contributed by atoms with Crippen molar-refractivity contribution >= 4 is 17.7 Å². The summed E-state index contributed by atoms with van der Waals surface area (Å²) in [4.78, 5) is 40.2. The van der Waals surface area contributed by atoms with Crippen molar-refractivity contribution in [3.8, 4) is 0 Å². The molecular weight excluding hydrogens is 372 g/mol. The molecule has 7 heteroatoms. The first-order valence-electron chi connectivity index (χ1n) is 9.80. The molecule has 29 heavy (non-hydrogen) atoms. The molecule has 2 heterocycles. The number of carbonyl (C=O) groups is 3. The Kier molecular flexibility index (Phi) is 7.06. The number of hydrogen-bond acceptors (Lipinski definition) is 5. The first-order chi connectivity index (χ1) is 13.6. The van der Waals surface area contributed by atoms with E-state index in [1.807, 2.05) is 13.8 Å². The van der Waals surface area contributed by atoms with Crippen LogP contribution in [0.1, 0.15) is 65.6 Å². The summed E-state index contributed by atoms with van der Waals surface area (Å²) in [7, 11) is 1.32. The van der Waals surface area contributed by atoms with E-state index in [9.17, 15) is 14.4 Å². The first-order valence-corrected chi connectivity index (χ1v) is 9.80. The van der Waals surface area contributed by atoms with Gasteiger partial charge in [-0.15, -0.1) is 0 Å². The zero-order valence-corrected chi connectivity index (χ0v) is 18.2.